The SMILES string of the molecule is Nc1ncc2[nH]c(=O)n([C@@H]3O[C@H](CO)C[C@H]3O)c2n1. The van der Waals surface area contributed by atoms with E-state index in [1.165, 1.54) is 10.8 Å². The van der Waals surface area contributed by atoms with Crippen molar-refractivity contribution in [3.05, 3.63) is 16.7 Å². The zero-order valence-corrected chi connectivity index (χ0v) is 9.85. The summed E-state index contributed by atoms with van der Waals surface area (Å²) in [4.78, 5) is 22.2. The third-order valence-electron chi connectivity index (χ3n) is 3.10. The quantitative estimate of drug-likeness (QED) is 0.510. The first-order valence-corrected chi connectivity index (χ1v) is 5.77. The molecule has 1 aliphatic rings. The smallest absolute Gasteiger partial charge is 0.329 e. The van der Waals surface area contributed by atoms with E-state index in [-0.39, 0.29) is 24.6 Å². The van der Waals surface area contributed by atoms with Crippen LogP contribution in [0.15, 0.2) is 11.0 Å². The van der Waals surface area contributed by atoms with Crippen LogP contribution in [-0.2, 0) is 4.74 Å². The highest BCUT2D eigenvalue weighted by molar-refractivity contribution is 5.70. The molecule has 1 saturated heterocycles. The summed E-state index contributed by atoms with van der Waals surface area (Å²) < 4.78 is 6.63. The normalized spacial score (nSPS) is 27.2. The van der Waals surface area contributed by atoms with E-state index in [4.69, 9.17) is 15.6 Å². The second kappa shape index (κ2) is 4.30. The van der Waals surface area contributed by atoms with Crippen molar-refractivity contribution in [3.8, 4) is 0 Å². The lowest BCUT2D eigenvalue weighted by Gasteiger charge is -2.15. The largest absolute Gasteiger partial charge is 0.394 e. The molecule has 0 saturated carbocycles. The molecule has 0 radical (unpaired) electrons. The van der Waals surface area contributed by atoms with Gasteiger partial charge >= 0.3 is 5.69 Å². The summed E-state index contributed by atoms with van der Waals surface area (Å²) in [7, 11) is 0. The predicted molar refractivity (Wildman–Crippen MR) is 64.2 cm³/mol. The van der Waals surface area contributed by atoms with Crippen LogP contribution in [0.5, 0.6) is 0 Å². The Balaban J connectivity index is 2.12. The van der Waals surface area contributed by atoms with Gasteiger partial charge in [-0.05, 0) is 0 Å². The number of hydrogen-bond acceptors (Lipinski definition) is 7. The van der Waals surface area contributed by atoms with Crippen molar-refractivity contribution in [1.82, 2.24) is 19.5 Å². The lowest BCUT2D eigenvalue weighted by atomic mass is 10.2. The van der Waals surface area contributed by atoms with Crippen LogP contribution in [-0.4, -0.2) is 48.5 Å². The van der Waals surface area contributed by atoms with Crippen molar-refractivity contribution in [3.63, 3.8) is 0 Å². The van der Waals surface area contributed by atoms with E-state index in [9.17, 15) is 9.90 Å². The molecule has 2 aromatic rings. The second-order valence-corrected chi connectivity index (χ2v) is 4.40. The molecule has 2 aromatic heterocycles. The highest BCUT2D eigenvalue weighted by Gasteiger charge is 2.36. The molecule has 3 atom stereocenters. The molecule has 0 bridgehead atoms. The minimum Gasteiger partial charge on any atom is -0.394 e. The molecule has 102 valence electrons. The number of nitrogen functional groups attached to an aromatic ring is 1. The third-order valence-corrected chi connectivity index (χ3v) is 3.10. The Morgan fingerprint density at radius 1 is 1.63 bits per heavy atom. The van der Waals surface area contributed by atoms with E-state index >= 15 is 0 Å². The van der Waals surface area contributed by atoms with Crippen LogP contribution in [0, 0.1) is 0 Å². The van der Waals surface area contributed by atoms with Gasteiger partial charge in [-0.2, -0.15) is 4.98 Å². The van der Waals surface area contributed by atoms with Gasteiger partial charge in [0, 0.05) is 6.42 Å². The summed E-state index contributed by atoms with van der Waals surface area (Å²) in [5, 5.41) is 19.0. The summed E-state index contributed by atoms with van der Waals surface area (Å²) in [5.74, 6) is 0.0199. The Bertz CT molecular complexity index is 665. The molecule has 1 fully saturated rings. The molecule has 1 aliphatic heterocycles. The first kappa shape index (κ1) is 12.1. The second-order valence-electron chi connectivity index (χ2n) is 4.40. The molecule has 0 amide bonds. The summed E-state index contributed by atoms with van der Waals surface area (Å²) in [5.41, 5.74) is 5.69. The number of aromatic nitrogens is 4. The molecule has 9 heteroatoms. The van der Waals surface area contributed by atoms with Gasteiger partial charge in [0.2, 0.25) is 5.95 Å². The van der Waals surface area contributed by atoms with Gasteiger partial charge in [0.15, 0.2) is 11.9 Å². The van der Waals surface area contributed by atoms with E-state index in [1.54, 1.807) is 0 Å². The van der Waals surface area contributed by atoms with Crippen LogP contribution in [0.3, 0.4) is 0 Å². The van der Waals surface area contributed by atoms with Crippen molar-refractivity contribution in [1.29, 1.82) is 0 Å². The van der Waals surface area contributed by atoms with Crippen molar-refractivity contribution < 1.29 is 14.9 Å². The lowest BCUT2D eigenvalue weighted by Crippen LogP contribution is -2.28. The van der Waals surface area contributed by atoms with Gasteiger partial charge in [0.1, 0.15) is 11.6 Å². The van der Waals surface area contributed by atoms with Crippen molar-refractivity contribution in [2.75, 3.05) is 12.3 Å². The molecular weight excluding hydrogens is 254 g/mol. The zero-order valence-electron chi connectivity index (χ0n) is 9.85. The zero-order chi connectivity index (χ0) is 13.6. The number of hydrogen-bond donors (Lipinski definition) is 4. The molecule has 0 spiro atoms. The number of nitrogens with zero attached hydrogens (tertiary/aromatic N) is 3. The highest BCUT2D eigenvalue weighted by atomic mass is 16.5. The molecule has 0 aliphatic carbocycles. The van der Waals surface area contributed by atoms with Crippen molar-refractivity contribution in [2.45, 2.75) is 24.9 Å². The maximum absolute atomic E-state index is 11.9. The van der Waals surface area contributed by atoms with Crippen LogP contribution in [0.1, 0.15) is 12.6 Å². The summed E-state index contributed by atoms with van der Waals surface area (Å²) in [6.45, 7) is -0.220. The van der Waals surface area contributed by atoms with Crippen LogP contribution >= 0.6 is 0 Å². The minimum atomic E-state index is -0.898. The fourth-order valence-electron chi connectivity index (χ4n) is 2.25. The molecule has 19 heavy (non-hydrogen) atoms. The maximum atomic E-state index is 11.9. The first-order chi connectivity index (χ1) is 9.10. The third kappa shape index (κ3) is 1.87. The lowest BCUT2D eigenvalue weighted by molar-refractivity contribution is -0.0502. The highest BCUT2D eigenvalue weighted by Crippen LogP contribution is 2.29. The number of fused-ring (bicyclic) bond motifs is 1. The number of nitrogens with two attached hydrogens (primary N) is 1. The fourth-order valence-corrected chi connectivity index (χ4v) is 2.25. The fraction of sp³-hybridized carbons (Fsp3) is 0.500. The number of H-pyrrole nitrogens is 1. The molecule has 5 N–H and O–H groups in total. The number of imidazole rings is 1. The number of ether oxygens (including phenoxy) is 1. The topological polar surface area (TPSA) is 139 Å². The van der Waals surface area contributed by atoms with E-state index in [0.717, 1.165) is 0 Å². The monoisotopic (exact) mass is 267 g/mol. The Labute approximate surface area is 106 Å². The van der Waals surface area contributed by atoms with Gasteiger partial charge in [0.25, 0.3) is 0 Å². The van der Waals surface area contributed by atoms with Gasteiger partial charge in [-0.1, -0.05) is 0 Å². The molecule has 9 nitrogen and oxygen atoms in total. The van der Waals surface area contributed by atoms with E-state index in [1.807, 2.05) is 0 Å². The number of anilines is 1. The summed E-state index contributed by atoms with van der Waals surface area (Å²) in [6.07, 6.45) is -0.657. The Morgan fingerprint density at radius 2 is 2.42 bits per heavy atom. The number of aliphatic hydroxyl groups excluding tert-OH is 2. The molecular formula is C10H13N5O4. The van der Waals surface area contributed by atoms with Gasteiger partial charge in [-0.25, -0.2) is 14.3 Å². The van der Waals surface area contributed by atoms with Crippen LogP contribution in [0.4, 0.5) is 5.95 Å². The standard InChI is InChI=1S/C10H13N5O4/c11-9-12-2-5-7(14-9)15(10(18)13-5)8-6(17)1-4(3-16)19-8/h2,4,6,8,16-17H,1,3H2,(H,13,18)(H2,11,12,14)/t4-,6+,8+/m0/s1. The number of aliphatic hydroxyl groups is 2. The first-order valence-electron chi connectivity index (χ1n) is 5.77. The Morgan fingerprint density at radius 3 is 3.11 bits per heavy atom. The van der Waals surface area contributed by atoms with Gasteiger partial charge < -0.3 is 25.7 Å². The molecule has 0 unspecified atom stereocenters. The molecule has 0 aromatic carbocycles. The van der Waals surface area contributed by atoms with Gasteiger partial charge in [-0.3, -0.25) is 0 Å². The summed E-state index contributed by atoms with van der Waals surface area (Å²) in [6, 6.07) is 0. The van der Waals surface area contributed by atoms with E-state index < -0.39 is 24.1 Å². The van der Waals surface area contributed by atoms with Gasteiger partial charge in [0.05, 0.1) is 18.9 Å². The average Bonchev–Trinajstić information content (AvgIpc) is 2.88. The van der Waals surface area contributed by atoms with Crippen molar-refractivity contribution in [2.24, 2.45) is 0 Å². The number of rotatable bonds is 2. The van der Waals surface area contributed by atoms with Crippen LogP contribution in [0.25, 0.3) is 11.2 Å². The van der Waals surface area contributed by atoms with Crippen LogP contribution < -0.4 is 11.4 Å². The Hall–Kier alpha value is -1.97. The van der Waals surface area contributed by atoms with E-state index in [0.29, 0.717) is 5.52 Å². The number of aromatic amines is 1. The predicted octanol–water partition coefficient (Wildman–Crippen LogP) is -1.66. The molecule has 3 heterocycles. The van der Waals surface area contributed by atoms with E-state index in [2.05, 4.69) is 15.0 Å². The van der Waals surface area contributed by atoms with Crippen LogP contribution in [0.2, 0.25) is 0 Å². The minimum absolute atomic E-state index is 0.0199. The maximum Gasteiger partial charge on any atom is 0.329 e. The average molecular weight is 267 g/mol. The summed E-state index contributed by atoms with van der Waals surface area (Å²) >= 11 is 0. The number of nitrogens with one attached hydrogen (secondary N) is 1. The Kier molecular flexibility index (Phi) is 2.73. The molecule has 3 rings (SSSR count). The van der Waals surface area contributed by atoms with Gasteiger partial charge in [-0.15, -0.1) is 0 Å². The van der Waals surface area contributed by atoms with Crippen molar-refractivity contribution >= 4 is 17.1 Å².